The number of nitrogens with one attached hydrogen (secondary N) is 1. The van der Waals surface area contributed by atoms with Gasteiger partial charge in [-0.05, 0) is 36.4 Å². The minimum Gasteiger partial charge on any atom is -0.479 e. The molecule has 3 heterocycles. The Hall–Kier alpha value is -4.25. The molecule has 0 aliphatic heterocycles. The van der Waals surface area contributed by atoms with Gasteiger partial charge in [-0.3, -0.25) is 4.79 Å². The molecule has 0 aliphatic carbocycles. The fourth-order valence-electron chi connectivity index (χ4n) is 3.04. The first-order valence-corrected chi connectivity index (χ1v) is 9.53. The second kappa shape index (κ2) is 8.86. The standard InChI is InChI=1S/C21H19FN8O2/c1-30-19(18(28-29-30)12-3-5-14(22)6-4-12)20(31)26-16-8-7-15(27-21(16)32-2)13-10-24-17(9-23)25-11-13/h3-8,10-11H,9,23H2,1-2H3,(H,26,31). The van der Waals surface area contributed by atoms with Crippen molar-refractivity contribution in [2.45, 2.75) is 6.54 Å². The Labute approximate surface area is 182 Å². The van der Waals surface area contributed by atoms with E-state index in [4.69, 9.17) is 10.5 Å². The van der Waals surface area contributed by atoms with Crippen LogP contribution in [0.4, 0.5) is 10.1 Å². The molecule has 1 aromatic carbocycles. The zero-order valence-corrected chi connectivity index (χ0v) is 17.3. The van der Waals surface area contributed by atoms with Gasteiger partial charge < -0.3 is 15.8 Å². The number of rotatable bonds is 6. The number of nitrogens with two attached hydrogens (primary N) is 1. The van der Waals surface area contributed by atoms with Crippen LogP contribution >= 0.6 is 0 Å². The lowest BCUT2D eigenvalue weighted by Crippen LogP contribution is -2.18. The minimum atomic E-state index is -0.472. The van der Waals surface area contributed by atoms with E-state index in [1.807, 2.05) is 0 Å². The lowest BCUT2D eigenvalue weighted by Gasteiger charge is -2.11. The first-order valence-electron chi connectivity index (χ1n) is 9.53. The fourth-order valence-corrected chi connectivity index (χ4v) is 3.04. The van der Waals surface area contributed by atoms with Crippen molar-refractivity contribution in [2.24, 2.45) is 12.8 Å². The zero-order valence-electron chi connectivity index (χ0n) is 17.3. The van der Waals surface area contributed by atoms with Crippen LogP contribution in [0, 0.1) is 5.82 Å². The average molecular weight is 434 g/mol. The van der Waals surface area contributed by atoms with Crippen LogP contribution in [0.5, 0.6) is 5.88 Å². The number of nitrogens with zero attached hydrogens (tertiary/aromatic N) is 6. The quantitative estimate of drug-likeness (QED) is 0.472. The smallest absolute Gasteiger partial charge is 0.276 e. The highest BCUT2D eigenvalue weighted by Gasteiger charge is 2.22. The summed E-state index contributed by atoms with van der Waals surface area (Å²) in [6.07, 6.45) is 3.23. The normalized spacial score (nSPS) is 10.8. The molecule has 0 spiro atoms. The molecule has 0 bridgehead atoms. The number of pyridine rings is 1. The van der Waals surface area contributed by atoms with Crippen molar-refractivity contribution in [1.29, 1.82) is 0 Å². The molecule has 0 saturated carbocycles. The maximum absolute atomic E-state index is 13.3. The molecule has 0 unspecified atom stereocenters. The largest absolute Gasteiger partial charge is 0.479 e. The number of aromatic nitrogens is 6. The van der Waals surface area contributed by atoms with Crippen molar-refractivity contribution < 1.29 is 13.9 Å². The van der Waals surface area contributed by atoms with E-state index in [2.05, 4.69) is 30.6 Å². The summed E-state index contributed by atoms with van der Waals surface area (Å²) >= 11 is 0. The number of hydrogen-bond donors (Lipinski definition) is 2. The summed E-state index contributed by atoms with van der Waals surface area (Å²) in [7, 11) is 3.05. The van der Waals surface area contributed by atoms with E-state index >= 15 is 0 Å². The molecule has 11 heteroatoms. The predicted octanol–water partition coefficient (Wildman–Crippen LogP) is 2.19. The second-order valence-electron chi connectivity index (χ2n) is 6.72. The van der Waals surface area contributed by atoms with E-state index in [9.17, 15) is 9.18 Å². The van der Waals surface area contributed by atoms with E-state index in [1.54, 1.807) is 31.6 Å². The van der Waals surface area contributed by atoms with Gasteiger partial charge in [0.05, 0.1) is 19.3 Å². The maximum Gasteiger partial charge on any atom is 0.276 e. The highest BCUT2D eigenvalue weighted by Crippen LogP contribution is 2.28. The molecule has 1 amide bonds. The van der Waals surface area contributed by atoms with Gasteiger partial charge in [0.1, 0.15) is 23.0 Å². The van der Waals surface area contributed by atoms with Gasteiger partial charge in [-0.25, -0.2) is 24.0 Å². The molecule has 4 rings (SSSR count). The molecule has 32 heavy (non-hydrogen) atoms. The summed E-state index contributed by atoms with van der Waals surface area (Å²) in [6, 6.07) is 9.02. The van der Waals surface area contributed by atoms with Crippen LogP contribution in [0.25, 0.3) is 22.5 Å². The van der Waals surface area contributed by atoms with Crippen LogP contribution in [0.1, 0.15) is 16.3 Å². The Bertz CT molecular complexity index is 1260. The summed E-state index contributed by atoms with van der Waals surface area (Å²) in [5.74, 6) is -0.133. The number of carbonyl (C=O) groups is 1. The van der Waals surface area contributed by atoms with Crippen LogP contribution in [0.2, 0.25) is 0 Å². The maximum atomic E-state index is 13.3. The third kappa shape index (κ3) is 4.14. The third-order valence-corrected chi connectivity index (χ3v) is 4.65. The predicted molar refractivity (Wildman–Crippen MR) is 114 cm³/mol. The number of carbonyl (C=O) groups excluding carboxylic acids is 1. The number of methoxy groups -OCH3 is 1. The molecule has 3 N–H and O–H groups in total. The van der Waals surface area contributed by atoms with Gasteiger partial charge in [0, 0.05) is 30.6 Å². The number of halogens is 1. The monoisotopic (exact) mass is 434 g/mol. The number of amides is 1. The number of ether oxygens (including phenoxy) is 1. The van der Waals surface area contributed by atoms with E-state index in [0.717, 1.165) is 0 Å². The van der Waals surface area contributed by atoms with E-state index in [0.29, 0.717) is 34.0 Å². The molecule has 0 saturated heterocycles. The van der Waals surface area contributed by atoms with Crippen LogP contribution in [-0.2, 0) is 13.6 Å². The number of aryl methyl sites for hydroxylation is 1. The lowest BCUT2D eigenvalue weighted by atomic mass is 10.1. The summed E-state index contributed by atoms with van der Waals surface area (Å²) in [5.41, 5.74) is 8.21. The summed E-state index contributed by atoms with van der Waals surface area (Å²) in [5, 5.41) is 10.8. The molecule has 0 fully saturated rings. The first-order chi connectivity index (χ1) is 15.5. The van der Waals surface area contributed by atoms with Crippen molar-refractivity contribution in [3.05, 3.63) is 66.1 Å². The lowest BCUT2D eigenvalue weighted by molar-refractivity contribution is 0.101. The molecule has 162 valence electrons. The Morgan fingerprint density at radius 3 is 2.50 bits per heavy atom. The van der Waals surface area contributed by atoms with Gasteiger partial charge >= 0.3 is 0 Å². The van der Waals surface area contributed by atoms with Crippen LogP contribution < -0.4 is 15.8 Å². The molecule has 10 nitrogen and oxygen atoms in total. The SMILES string of the molecule is COc1nc(-c2cnc(CN)nc2)ccc1NC(=O)c1c(-c2ccc(F)cc2)nnn1C. The van der Waals surface area contributed by atoms with Gasteiger partial charge in [-0.1, -0.05) is 5.21 Å². The summed E-state index contributed by atoms with van der Waals surface area (Å²) < 4.78 is 20.0. The molecule has 4 aromatic rings. The molecular weight excluding hydrogens is 415 g/mol. The van der Waals surface area contributed by atoms with Crippen molar-refractivity contribution in [1.82, 2.24) is 29.9 Å². The van der Waals surface area contributed by atoms with Gasteiger partial charge in [0.25, 0.3) is 5.91 Å². The van der Waals surface area contributed by atoms with Crippen LogP contribution in [-0.4, -0.2) is 43.0 Å². The molecule has 0 radical (unpaired) electrons. The second-order valence-corrected chi connectivity index (χ2v) is 6.72. The molecule has 0 atom stereocenters. The van der Waals surface area contributed by atoms with Gasteiger partial charge in [0.15, 0.2) is 5.69 Å². The van der Waals surface area contributed by atoms with Crippen LogP contribution in [0.15, 0.2) is 48.8 Å². The highest BCUT2D eigenvalue weighted by molar-refractivity contribution is 6.07. The number of hydrogen-bond acceptors (Lipinski definition) is 8. The minimum absolute atomic E-state index is 0.202. The van der Waals surface area contributed by atoms with E-state index in [1.165, 1.54) is 36.1 Å². The average Bonchev–Trinajstić information content (AvgIpc) is 3.21. The van der Waals surface area contributed by atoms with Crippen molar-refractivity contribution in [3.8, 4) is 28.4 Å². The first kappa shape index (κ1) is 21.0. The topological polar surface area (TPSA) is 134 Å². The Morgan fingerprint density at radius 2 is 1.84 bits per heavy atom. The summed E-state index contributed by atoms with van der Waals surface area (Å²) in [6.45, 7) is 0.241. The number of benzene rings is 1. The van der Waals surface area contributed by atoms with Crippen molar-refractivity contribution >= 4 is 11.6 Å². The van der Waals surface area contributed by atoms with Gasteiger partial charge in [0.2, 0.25) is 5.88 Å². The van der Waals surface area contributed by atoms with Gasteiger partial charge in [-0.2, -0.15) is 0 Å². The summed E-state index contributed by atoms with van der Waals surface area (Å²) in [4.78, 5) is 25.8. The Morgan fingerprint density at radius 1 is 1.12 bits per heavy atom. The Balaban J connectivity index is 1.62. The van der Waals surface area contributed by atoms with Crippen molar-refractivity contribution in [3.63, 3.8) is 0 Å². The highest BCUT2D eigenvalue weighted by atomic mass is 19.1. The van der Waals surface area contributed by atoms with E-state index in [-0.39, 0.29) is 23.9 Å². The van der Waals surface area contributed by atoms with Gasteiger partial charge in [-0.15, -0.1) is 5.10 Å². The molecular formula is C21H19FN8O2. The zero-order chi connectivity index (χ0) is 22.7. The van der Waals surface area contributed by atoms with Crippen molar-refractivity contribution in [2.75, 3.05) is 12.4 Å². The third-order valence-electron chi connectivity index (χ3n) is 4.65. The number of anilines is 1. The molecule has 0 aliphatic rings. The Kier molecular flexibility index (Phi) is 5.81. The fraction of sp³-hybridized carbons (Fsp3) is 0.143. The molecule has 3 aromatic heterocycles. The van der Waals surface area contributed by atoms with Crippen LogP contribution in [0.3, 0.4) is 0 Å². The van der Waals surface area contributed by atoms with E-state index < -0.39 is 5.91 Å².